The topological polar surface area (TPSA) is 57.5 Å². The van der Waals surface area contributed by atoms with E-state index < -0.39 is 18.9 Å². The van der Waals surface area contributed by atoms with Gasteiger partial charge in [0.15, 0.2) is 0 Å². The SMILES string of the molecule is C[CH2][Al-]([CH2]C)([CH2]C)[P](=O)(O)O. The van der Waals surface area contributed by atoms with Gasteiger partial charge in [-0.05, 0) is 0 Å². The van der Waals surface area contributed by atoms with Gasteiger partial charge in [0.05, 0.1) is 0 Å². The van der Waals surface area contributed by atoms with Crippen molar-refractivity contribution in [2.75, 3.05) is 0 Å². The largest absolute Gasteiger partial charge is 0.360 e. The molecular weight excluding hydrogens is 178 g/mol. The molecule has 0 saturated carbocycles. The lowest BCUT2D eigenvalue weighted by Crippen LogP contribution is -2.31. The molecule has 0 spiro atoms. The second-order valence-electron chi connectivity index (χ2n) is 3.23. The zero-order valence-corrected chi connectivity index (χ0v) is 9.50. The second kappa shape index (κ2) is 4.07. The first-order chi connectivity index (χ1) is 4.93. The molecule has 0 aromatic rings. The normalized spacial score (nSPS) is 13.5. The van der Waals surface area contributed by atoms with E-state index in [1.54, 1.807) is 0 Å². The van der Waals surface area contributed by atoms with E-state index in [9.17, 15) is 4.57 Å². The highest BCUT2D eigenvalue weighted by Gasteiger charge is 2.41. The van der Waals surface area contributed by atoms with E-state index in [1.807, 2.05) is 20.8 Å². The Balaban J connectivity index is 4.70. The average molecular weight is 195 g/mol. The molecule has 11 heavy (non-hydrogen) atoms. The highest BCUT2D eigenvalue weighted by molar-refractivity contribution is 7.91. The van der Waals surface area contributed by atoms with Crippen molar-refractivity contribution in [3.05, 3.63) is 0 Å². The van der Waals surface area contributed by atoms with E-state index in [0.717, 1.165) is 0 Å². The van der Waals surface area contributed by atoms with E-state index in [-0.39, 0.29) is 0 Å². The molecule has 0 saturated heterocycles. The highest BCUT2D eigenvalue weighted by atomic mass is 31.4. The average Bonchev–Trinajstić information content (AvgIpc) is 1.90. The Bertz CT molecular complexity index is 153. The molecule has 0 aliphatic carbocycles. The Morgan fingerprint density at radius 1 is 1.09 bits per heavy atom. The van der Waals surface area contributed by atoms with Crippen LogP contribution in [0.4, 0.5) is 0 Å². The van der Waals surface area contributed by atoms with Crippen molar-refractivity contribution in [2.24, 2.45) is 0 Å². The molecule has 0 atom stereocenters. The van der Waals surface area contributed by atoms with Gasteiger partial charge in [-0.2, -0.15) is 15.8 Å². The Hall–Kier alpha value is 0.682. The third-order valence-corrected chi connectivity index (χ3v) is 16.5. The van der Waals surface area contributed by atoms with E-state index >= 15 is 0 Å². The summed E-state index contributed by atoms with van der Waals surface area (Å²) in [6.45, 7) is 5.70. The quantitative estimate of drug-likeness (QED) is 0.533. The molecule has 5 heteroatoms. The monoisotopic (exact) mass is 195 g/mol. The van der Waals surface area contributed by atoms with Gasteiger partial charge in [0.25, 0.3) is 0 Å². The third kappa shape index (κ3) is 2.31. The highest BCUT2D eigenvalue weighted by Crippen LogP contribution is 2.53. The minimum atomic E-state index is -3.74. The Morgan fingerprint density at radius 2 is 1.36 bits per heavy atom. The number of hydrogen-bond acceptors (Lipinski definition) is 1. The van der Waals surface area contributed by atoms with Crippen LogP contribution in [0.1, 0.15) is 20.8 Å². The molecule has 0 aromatic heterocycles. The van der Waals surface area contributed by atoms with Gasteiger partial charge in [-0.1, -0.05) is 0 Å². The summed E-state index contributed by atoms with van der Waals surface area (Å²) in [6.07, 6.45) is -3.74. The lowest BCUT2D eigenvalue weighted by molar-refractivity contribution is 0.390. The zero-order chi connectivity index (χ0) is 9.12. The molecule has 0 aliphatic rings. The first-order valence-electron chi connectivity index (χ1n) is 4.19. The van der Waals surface area contributed by atoms with Gasteiger partial charge in [0, 0.05) is 0 Å². The van der Waals surface area contributed by atoms with E-state index in [2.05, 4.69) is 0 Å². The lowest BCUT2D eigenvalue weighted by Gasteiger charge is -2.32. The van der Waals surface area contributed by atoms with Crippen molar-refractivity contribution in [1.29, 1.82) is 0 Å². The van der Waals surface area contributed by atoms with Crippen molar-refractivity contribution in [3.8, 4) is 0 Å². The van der Waals surface area contributed by atoms with Gasteiger partial charge in [-0.15, -0.1) is 20.8 Å². The Labute approximate surface area is 70.3 Å². The van der Waals surface area contributed by atoms with Crippen LogP contribution in [0.15, 0.2) is 0 Å². The molecule has 3 nitrogen and oxygen atoms in total. The van der Waals surface area contributed by atoms with Gasteiger partial charge in [0.1, 0.15) is 6.24 Å². The van der Waals surface area contributed by atoms with E-state index in [0.29, 0.717) is 15.8 Å². The molecule has 0 bridgehead atoms. The van der Waals surface area contributed by atoms with Crippen LogP contribution in [0.3, 0.4) is 0 Å². The van der Waals surface area contributed by atoms with Crippen LogP contribution in [-0.4, -0.2) is 22.4 Å². The Morgan fingerprint density at radius 3 is 1.36 bits per heavy atom. The van der Waals surface area contributed by atoms with Crippen molar-refractivity contribution in [2.45, 2.75) is 36.6 Å². The minimum absolute atomic E-state index is 0.713. The van der Waals surface area contributed by atoms with Gasteiger partial charge in [0.2, 0.25) is 0 Å². The molecule has 0 aliphatic heterocycles. The van der Waals surface area contributed by atoms with Gasteiger partial charge in [-0.25, -0.2) is 0 Å². The fraction of sp³-hybridized carbons (Fsp3) is 1.00. The Kier molecular flexibility index (Phi) is 4.32. The van der Waals surface area contributed by atoms with Crippen LogP contribution in [0.5, 0.6) is 0 Å². The molecule has 0 fully saturated rings. The standard InChI is InChI=1S/3C2H5.Al.HO3P/c3*1-2;;1-4(2)3/h3*1H2,2H3;;(H-,1,2,3)/q;;;-2;/p+1. The molecule has 2 N–H and O–H groups in total. The fourth-order valence-electron chi connectivity index (χ4n) is 1.58. The van der Waals surface area contributed by atoms with Crippen molar-refractivity contribution in [3.63, 3.8) is 0 Å². The maximum atomic E-state index is 11.1. The molecule has 0 unspecified atom stereocenters. The van der Waals surface area contributed by atoms with Gasteiger partial charge in [-0.3, -0.25) is 0 Å². The van der Waals surface area contributed by atoms with Crippen molar-refractivity contribution in [1.82, 2.24) is 0 Å². The predicted molar refractivity (Wildman–Crippen MR) is 49.2 cm³/mol. The third-order valence-electron chi connectivity index (χ3n) is 2.99. The van der Waals surface area contributed by atoms with Crippen LogP contribution in [0, 0.1) is 0 Å². The molecule has 0 heterocycles. The predicted octanol–water partition coefficient (Wildman–Crippen LogP) is 2.17. The van der Waals surface area contributed by atoms with Crippen molar-refractivity contribution < 1.29 is 14.4 Å². The minimum Gasteiger partial charge on any atom is -0.360 e. The van der Waals surface area contributed by atoms with Crippen molar-refractivity contribution >= 4 is 18.9 Å². The number of hydrogen-bond donors (Lipinski definition) is 2. The maximum Gasteiger partial charge on any atom is 0.305 e. The summed E-state index contributed by atoms with van der Waals surface area (Å²) in [6, 6.07) is 0. The molecule has 0 radical (unpaired) electrons. The molecule has 0 rings (SSSR count). The van der Waals surface area contributed by atoms with Crippen LogP contribution < -0.4 is 0 Å². The van der Waals surface area contributed by atoms with Crippen LogP contribution in [0.25, 0.3) is 0 Å². The van der Waals surface area contributed by atoms with Gasteiger partial charge >= 0.3 is 12.6 Å². The first-order valence-corrected chi connectivity index (χ1v) is 9.87. The maximum absolute atomic E-state index is 11.1. The summed E-state index contributed by atoms with van der Waals surface area (Å²) in [4.78, 5) is 18.2. The van der Waals surface area contributed by atoms with E-state index in [1.165, 1.54) is 0 Å². The summed E-state index contributed by atoms with van der Waals surface area (Å²) in [5, 5.41) is 2.14. The summed E-state index contributed by atoms with van der Waals surface area (Å²) in [7, 11) is 0. The molecule has 0 amide bonds. The zero-order valence-electron chi connectivity index (χ0n) is 7.45. The molecule has 68 valence electrons. The summed E-state index contributed by atoms with van der Waals surface area (Å²) in [5.41, 5.74) is 0. The summed E-state index contributed by atoms with van der Waals surface area (Å²) < 4.78 is 11.1. The second-order valence-corrected chi connectivity index (χ2v) is 15.0. The van der Waals surface area contributed by atoms with Gasteiger partial charge < -0.3 is 14.4 Å². The van der Waals surface area contributed by atoms with Crippen LogP contribution >= 0.6 is 6.24 Å². The van der Waals surface area contributed by atoms with E-state index in [4.69, 9.17) is 9.79 Å². The fourth-order valence-corrected chi connectivity index (χ4v) is 9.02. The first kappa shape index (κ1) is 11.7. The smallest absolute Gasteiger partial charge is 0.305 e. The summed E-state index contributed by atoms with van der Waals surface area (Å²) in [5.74, 6) is 0. The molecule has 0 aromatic carbocycles. The molecular formula is C6H17AlO3P-. The van der Waals surface area contributed by atoms with Crippen LogP contribution in [-0.2, 0) is 4.57 Å². The summed E-state index contributed by atoms with van der Waals surface area (Å²) >= 11 is -2.55. The lowest BCUT2D eigenvalue weighted by atomic mass is 10.9. The van der Waals surface area contributed by atoms with Crippen LogP contribution in [0.2, 0.25) is 15.8 Å². The number of rotatable bonds is 4.